The number of carbonyl (C=O) groups excluding carboxylic acids is 1. The minimum atomic E-state index is -2.46. The van der Waals surface area contributed by atoms with E-state index in [1.165, 1.54) is 18.3 Å². The van der Waals surface area contributed by atoms with Gasteiger partial charge < -0.3 is 11.1 Å². The van der Waals surface area contributed by atoms with Crippen molar-refractivity contribution in [1.29, 1.82) is 5.26 Å². The zero-order valence-electron chi connectivity index (χ0n) is 13.4. The summed E-state index contributed by atoms with van der Waals surface area (Å²) in [5, 5.41) is 20.3. The minimum absolute atomic E-state index is 0.0333. The first kappa shape index (κ1) is 20.2. The third-order valence-corrected chi connectivity index (χ3v) is 5.54. The number of carbonyl (C=O) groups is 1. The fraction of sp³-hybridized carbons (Fsp3) is 0.200. The van der Waals surface area contributed by atoms with Crippen molar-refractivity contribution in [1.82, 2.24) is 10.2 Å². The van der Waals surface area contributed by atoms with E-state index in [0.29, 0.717) is 31.8 Å². The molecule has 2 aromatic rings. The summed E-state index contributed by atoms with van der Waals surface area (Å²) in [4.78, 5) is 12.4. The first-order valence-corrected chi connectivity index (χ1v) is 9.75. The molecule has 0 amide bonds. The third kappa shape index (κ3) is 5.98. The van der Waals surface area contributed by atoms with Crippen LogP contribution in [0.4, 0.5) is 19.6 Å². The number of hydrogen-bond acceptors (Lipinski definition) is 9. The van der Waals surface area contributed by atoms with Crippen molar-refractivity contribution in [3.8, 4) is 6.07 Å². The smallest absolute Gasteiger partial charge is 0.288 e. The fourth-order valence-electron chi connectivity index (χ4n) is 1.73. The van der Waals surface area contributed by atoms with Crippen molar-refractivity contribution >= 4 is 51.5 Å². The van der Waals surface area contributed by atoms with Crippen LogP contribution in [0.1, 0.15) is 6.92 Å². The fourth-order valence-corrected chi connectivity index (χ4v) is 3.87. The van der Waals surface area contributed by atoms with Gasteiger partial charge in [0, 0.05) is 16.3 Å². The molecule has 3 N–H and O–H groups in total. The van der Waals surface area contributed by atoms with Crippen molar-refractivity contribution in [2.45, 2.75) is 21.9 Å². The van der Waals surface area contributed by atoms with Crippen LogP contribution in [-0.4, -0.2) is 27.5 Å². The average Bonchev–Trinajstić information content (AvgIpc) is 3.02. The number of alkyl halides is 2. The number of aromatic nitrogens is 2. The van der Waals surface area contributed by atoms with Gasteiger partial charge in [0.25, 0.3) is 5.76 Å². The minimum Gasteiger partial charge on any atom is -0.401 e. The number of hydrogen-bond donors (Lipinski definition) is 2. The van der Waals surface area contributed by atoms with Crippen LogP contribution in [0.25, 0.3) is 0 Å². The summed E-state index contributed by atoms with van der Waals surface area (Å²) >= 11 is 2.87. The van der Waals surface area contributed by atoms with Gasteiger partial charge in [-0.15, -0.1) is 10.2 Å². The molecule has 6 nitrogen and oxygen atoms in total. The van der Waals surface area contributed by atoms with Crippen LogP contribution in [0.2, 0.25) is 0 Å². The van der Waals surface area contributed by atoms with E-state index in [9.17, 15) is 13.6 Å². The van der Waals surface area contributed by atoms with E-state index < -0.39 is 5.76 Å². The Morgan fingerprint density at radius 2 is 2.08 bits per heavy atom. The molecule has 0 saturated heterocycles. The van der Waals surface area contributed by atoms with E-state index >= 15 is 0 Å². The standard InChI is InChI=1S/C15H13F2N5OS3/c1-8(19)11(6-18)12(23)7-24-15-22-21-14(26-15)20-9-2-4-10(5-3-9)25-13(16)17/h2-5,13H,7,19H2,1H3,(H,20,21). The summed E-state index contributed by atoms with van der Waals surface area (Å²) in [5.74, 6) is -2.79. The third-order valence-electron chi connectivity index (χ3n) is 2.85. The molecule has 0 aliphatic rings. The van der Waals surface area contributed by atoms with Gasteiger partial charge in [0.1, 0.15) is 11.6 Å². The Labute approximate surface area is 160 Å². The van der Waals surface area contributed by atoms with Gasteiger partial charge in [0.15, 0.2) is 10.1 Å². The highest BCUT2D eigenvalue weighted by Gasteiger charge is 2.14. The van der Waals surface area contributed by atoms with Crippen molar-refractivity contribution in [3.05, 3.63) is 35.5 Å². The molecular weight excluding hydrogens is 400 g/mol. The van der Waals surface area contributed by atoms with Gasteiger partial charge in [0.05, 0.1) is 5.75 Å². The van der Waals surface area contributed by atoms with Gasteiger partial charge in [-0.05, 0) is 31.2 Å². The number of Topliss-reactive ketones (excluding diaryl/α,β-unsaturated/α-hetero) is 1. The number of thioether (sulfide) groups is 2. The Hall–Kier alpha value is -2.16. The molecule has 0 bridgehead atoms. The number of nitriles is 1. The number of ketones is 1. The van der Waals surface area contributed by atoms with Crippen LogP contribution in [0.5, 0.6) is 0 Å². The number of nitrogens with two attached hydrogens (primary N) is 1. The van der Waals surface area contributed by atoms with E-state index in [2.05, 4.69) is 15.5 Å². The topological polar surface area (TPSA) is 105 Å². The Morgan fingerprint density at radius 3 is 2.65 bits per heavy atom. The molecule has 0 aliphatic heterocycles. The maximum atomic E-state index is 12.3. The van der Waals surface area contributed by atoms with Crippen molar-refractivity contribution < 1.29 is 13.6 Å². The average molecular weight is 414 g/mol. The number of halogens is 2. The molecule has 26 heavy (non-hydrogen) atoms. The highest BCUT2D eigenvalue weighted by Crippen LogP contribution is 2.30. The van der Waals surface area contributed by atoms with Crippen LogP contribution in [0.3, 0.4) is 0 Å². The van der Waals surface area contributed by atoms with Crippen LogP contribution in [-0.2, 0) is 4.79 Å². The van der Waals surface area contributed by atoms with Gasteiger partial charge >= 0.3 is 0 Å². The number of rotatable bonds is 8. The number of benzene rings is 1. The molecule has 136 valence electrons. The van der Waals surface area contributed by atoms with E-state index in [0.717, 1.165) is 11.8 Å². The zero-order valence-corrected chi connectivity index (χ0v) is 15.9. The molecule has 0 atom stereocenters. The highest BCUT2D eigenvalue weighted by atomic mass is 32.2. The lowest BCUT2D eigenvalue weighted by atomic mass is 10.2. The van der Waals surface area contributed by atoms with Gasteiger partial charge in [-0.1, -0.05) is 34.9 Å². The van der Waals surface area contributed by atoms with Crippen LogP contribution >= 0.6 is 34.9 Å². The number of nitrogens with one attached hydrogen (secondary N) is 1. The Bertz CT molecular complexity index is 842. The molecule has 0 unspecified atom stereocenters. The second kappa shape index (κ2) is 9.51. The molecule has 2 rings (SSSR count). The van der Waals surface area contributed by atoms with E-state index in [-0.39, 0.29) is 22.8 Å². The molecule has 1 heterocycles. The highest BCUT2D eigenvalue weighted by molar-refractivity contribution is 8.01. The Kier molecular flexibility index (Phi) is 7.38. The van der Waals surface area contributed by atoms with Crippen LogP contribution < -0.4 is 11.1 Å². The summed E-state index contributed by atoms with van der Waals surface area (Å²) in [6, 6.07) is 8.28. The van der Waals surface area contributed by atoms with E-state index in [1.807, 2.05) is 0 Å². The Balaban J connectivity index is 1.93. The maximum absolute atomic E-state index is 12.3. The molecule has 0 aliphatic carbocycles. The van der Waals surface area contributed by atoms with Gasteiger partial charge in [-0.25, -0.2) is 0 Å². The SMILES string of the molecule is CC(N)=C(C#N)C(=O)CSc1nnc(Nc2ccc(SC(F)F)cc2)s1. The molecule has 0 spiro atoms. The normalized spacial score (nSPS) is 11.8. The van der Waals surface area contributed by atoms with Gasteiger partial charge in [-0.3, -0.25) is 4.79 Å². The lowest BCUT2D eigenvalue weighted by Gasteiger charge is -2.03. The molecule has 0 saturated carbocycles. The molecule has 0 radical (unpaired) electrons. The monoisotopic (exact) mass is 413 g/mol. The second-order valence-electron chi connectivity index (χ2n) is 4.78. The summed E-state index contributed by atoms with van der Waals surface area (Å²) in [6.45, 7) is 1.50. The summed E-state index contributed by atoms with van der Waals surface area (Å²) in [5.41, 5.74) is 6.31. The van der Waals surface area contributed by atoms with E-state index in [1.54, 1.807) is 30.3 Å². The second-order valence-corrected chi connectivity index (χ2v) is 8.05. The van der Waals surface area contributed by atoms with Crippen molar-refractivity contribution in [2.75, 3.05) is 11.1 Å². The van der Waals surface area contributed by atoms with Crippen LogP contribution in [0, 0.1) is 11.3 Å². The predicted molar refractivity (Wildman–Crippen MR) is 99.7 cm³/mol. The number of anilines is 2. The van der Waals surface area contributed by atoms with Gasteiger partial charge in [-0.2, -0.15) is 14.0 Å². The first-order valence-electron chi connectivity index (χ1n) is 7.07. The predicted octanol–water partition coefficient (Wildman–Crippen LogP) is 4.01. The molecular formula is C15H13F2N5OS3. The number of nitrogens with zero attached hydrogens (tertiary/aromatic N) is 3. The zero-order chi connectivity index (χ0) is 19.1. The quantitative estimate of drug-likeness (QED) is 0.380. The lowest BCUT2D eigenvalue weighted by molar-refractivity contribution is -0.112. The Morgan fingerprint density at radius 1 is 1.38 bits per heavy atom. The van der Waals surface area contributed by atoms with Crippen molar-refractivity contribution in [2.24, 2.45) is 5.73 Å². The van der Waals surface area contributed by atoms with Crippen molar-refractivity contribution in [3.63, 3.8) is 0 Å². The summed E-state index contributed by atoms with van der Waals surface area (Å²) < 4.78 is 25.1. The molecule has 1 aromatic carbocycles. The molecule has 11 heteroatoms. The molecule has 1 aromatic heterocycles. The van der Waals surface area contributed by atoms with E-state index in [4.69, 9.17) is 11.0 Å². The van der Waals surface area contributed by atoms with Gasteiger partial charge in [0.2, 0.25) is 5.13 Å². The summed E-state index contributed by atoms with van der Waals surface area (Å²) in [6.07, 6.45) is 0. The van der Waals surface area contributed by atoms with Crippen LogP contribution in [0.15, 0.2) is 44.8 Å². The molecule has 0 fully saturated rings. The summed E-state index contributed by atoms with van der Waals surface area (Å²) in [7, 11) is 0. The maximum Gasteiger partial charge on any atom is 0.288 e. The first-order chi connectivity index (χ1) is 12.4. The largest absolute Gasteiger partial charge is 0.401 e. The lowest BCUT2D eigenvalue weighted by Crippen LogP contribution is -2.10. The number of allylic oxidation sites excluding steroid dienone is 2.